The minimum absolute atomic E-state index is 0.0768. The van der Waals surface area contributed by atoms with Crippen LogP contribution >= 0.6 is 0 Å². The number of hydrogen-bond donors (Lipinski definition) is 1. The van der Waals surface area contributed by atoms with Gasteiger partial charge < -0.3 is 5.32 Å². The van der Waals surface area contributed by atoms with Crippen molar-refractivity contribution in [3.05, 3.63) is 64.2 Å². The van der Waals surface area contributed by atoms with Gasteiger partial charge in [-0.05, 0) is 58.9 Å². The Morgan fingerprint density at radius 2 is 1.60 bits per heavy atom. The fourth-order valence-corrected chi connectivity index (χ4v) is 3.80. The molecule has 0 heterocycles. The summed E-state index contributed by atoms with van der Waals surface area (Å²) >= 11 is 0. The number of amides is 1. The van der Waals surface area contributed by atoms with Gasteiger partial charge in [-0.3, -0.25) is 4.79 Å². The average Bonchev–Trinajstić information content (AvgIpc) is 3.02. The first-order valence-corrected chi connectivity index (χ1v) is 9.49. The molecule has 0 saturated heterocycles. The van der Waals surface area contributed by atoms with Crippen LogP contribution in [0.15, 0.2) is 36.4 Å². The van der Waals surface area contributed by atoms with E-state index in [1.165, 1.54) is 35.1 Å². The van der Waals surface area contributed by atoms with Gasteiger partial charge in [0, 0.05) is 5.69 Å². The number of benzene rings is 2. The van der Waals surface area contributed by atoms with Gasteiger partial charge in [0.2, 0.25) is 5.91 Å². The van der Waals surface area contributed by atoms with Crippen molar-refractivity contribution in [1.82, 2.24) is 0 Å². The number of para-hydroxylation sites is 1. The fourth-order valence-electron chi connectivity index (χ4n) is 3.80. The quantitative estimate of drug-likeness (QED) is 0.756. The van der Waals surface area contributed by atoms with Crippen LogP contribution in [0, 0.1) is 0 Å². The van der Waals surface area contributed by atoms with E-state index in [1.54, 1.807) is 0 Å². The Kier molecular flexibility index (Phi) is 5.27. The summed E-state index contributed by atoms with van der Waals surface area (Å²) in [7, 11) is 0. The van der Waals surface area contributed by atoms with Crippen LogP contribution in [0.3, 0.4) is 0 Å². The number of carbonyl (C=O) groups is 1. The number of rotatable bonds is 5. The summed E-state index contributed by atoms with van der Waals surface area (Å²) in [6.45, 7) is 8.70. The van der Waals surface area contributed by atoms with Crippen LogP contribution in [0.2, 0.25) is 0 Å². The molecule has 3 rings (SSSR count). The number of anilines is 1. The van der Waals surface area contributed by atoms with Crippen molar-refractivity contribution in [2.45, 2.75) is 65.2 Å². The molecule has 2 aromatic carbocycles. The maximum Gasteiger partial charge on any atom is 0.228 e. The van der Waals surface area contributed by atoms with Crippen molar-refractivity contribution in [1.29, 1.82) is 0 Å². The average molecular weight is 335 g/mol. The highest BCUT2D eigenvalue weighted by Gasteiger charge is 2.17. The van der Waals surface area contributed by atoms with Crippen LogP contribution < -0.4 is 5.32 Å². The summed E-state index contributed by atoms with van der Waals surface area (Å²) in [5.41, 5.74) is 7.44. The second-order valence-corrected chi connectivity index (χ2v) is 7.80. The van der Waals surface area contributed by atoms with Crippen LogP contribution in [-0.4, -0.2) is 5.91 Å². The zero-order valence-corrected chi connectivity index (χ0v) is 15.9. The largest absolute Gasteiger partial charge is 0.325 e. The van der Waals surface area contributed by atoms with E-state index in [9.17, 15) is 4.79 Å². The molecule has 0 fully saturated rings. The molecule has 0 spiro atoms. The number of fused-ring (bicyclic) bond motifs is 1. The molecule has 0 aromatic heterocycles. The van der Waals surface area contributed by atoms with E-state index in [0.717, 1.165) is 17.7 Å². The third-order valence-electron chi connectivity index (χ3n) is 5.16. The Balaban J connectivity index is 1.81. The molecule has 1 aliphatic rings. The van der Waals surface area contributed by atoms with Gasteiger partial charge in [-0.1, -0.05) is 64.1 Å². The molecule has 2 aromatic rings. The zero-order chi connectivity index (χ0) is 18.0. The minimum Gasteiger partial charge on any atom is -0.325 e. The molecule has 0 bridgehead atoms. The summed E-state index contributed by atoms with van der Waals surface area (Å²) in [5.74, 6) is 0.843. The van der Waals surface area contributed by atoms with E-state index in [4.69, 9.17) is 0 Å². The van der Waals surface area contributed by atoms with Crippen LogP contribution in [0.25, 0.3) is 0 Å². The Labute approximate surface area is 151 Å². The standard InChI is InChI=1S/C23H29NO/c1-15(2)20-9-6-10-21(16(3)4)23(20)24-22(25)14-17-11-12-18-7-5-8-19(18)13-17/h6,9-13,15-16H,5,7-8,14H2,1-4H3,(H,24,25). The van der Waals surface area contributed by atoms with E-state index in [0.29, 0.717) is 18.3 Å². The molecule has 2 heteroatoms. The van der Waals surface area contributed by atoms with Crippen molar-refractivity contribution in [2.75, 3.05) is 5.32 Å². The molecular formula is C23H29NO. The van der Waals surface area contributed by atoms with Gasteiger partial charge in [-0.25, -0.2) is 0 Å². The van der Waals surface area contributed by atoms with Crippen molar-refractivity contribution in [2.24, 2.45) is 0 Å². The van der Waals surface area contributed by atoms with E-state index < -0.39 is 0 Å². The molecule has 1 aliphatic carbocycles. The zero-order valence-electron chi connectivity index (χ0n) is 15.9. The Bertz CT molecular complexity index is 747. The highest BCUT2D eigenvalue weighted by atomic mass is 16.1. The lowest BCUT2D eigenvalue weighted by Gasteiger charge is -2.20. The third-order valence-corrected chi connectivity index (χ3v) is 5.16. The van der Waals surface area contributed by atoms with Crippen LogP contribution in [0.4, 0.5) is 5.69 Å². The van der Waals surface area contributed by atoms with E-state index >= 15 is 0 Å². The van der Waals surface area contributed by atoms with Crippen LogP contribution in [0.1, 0.15) is 73.8 Å². The highest BCUT2D eigenvalue weighted by Crippen LogP contribution is 2.32. The highest BCUT2D eigenvalue weighted by molar-refractivity contribution is 5.94. The molecule has 132 valence electrons. The summed E-state index contributed by atoms with van der Waals surface area (Å²) in [6.07, 6.45) is 4.02. The maximum absolute atomic E-state index is 12.7. The first kappa shape index (κ1) is 17.7. The van der Waals surface area contributed by atoms with Crippen molar-refractivity contribution < 1.29 is 4.79 Å². The minimum atomic E-state index is 0.0768. The molecule has 0 radical (unpaired) electrons. The van der Waals surface area contributed by atoms with Gasteiger partial charge in [-0.2, -0.15) is 0 Å². The second kappa shape index (κ2) is 7.43. The Morgan fingerprint density at radius 1 is 0.960 bits per heavy atom. The predicted molar refractivity (Wildman–Crippen MR) is 105 cm³/mol. The maximum atomic E-state index is 12.7. The summed E-state index contributed by atoms with van der Waals surface area (Å²) < 4.78 is 0. The SMILES string of the molecule is CC(C)c1cccc(C(C)C)c1NC(=O)Cc1ccc2c(c1)CCC2. The number of nitrogens with one attached hydrogen (secondary N) is 1. The lowest BCUT2D eigenvalue weighted by atomic mass is 9.92. The molecule has 0 atom stereocenters. The predicted octanol–water partition coefficient (Wildman–Crippen LogP) is 5.60. The van der Waals surface area contributed by atoms with Gasteiger partial charge in [0.25, 0.3) is 0 Å². The fraction of sp³-hybridized carbons (Fsp3) is 0.435. The third kappa shape index (κ3) is 3.95. The lowest BCUT2D eigenvalue weighted by Crippen LogP contribution is -2.18. The van der Waals surface area contributed by atoms with Gasteiger partial charge in [-0.15, -0.1) is 0 Å². The Morgan fingerprint density at radius 3 is 2.24 bits per heavy atom. The van der Waals surface area contributed by atoms with E-state index in [-0.39, 0.29) is 5.91 Å². The van der Waals surface area contributed by atoms with Crippen molar-refractivity contribution >= 4 is 11.6 Å². The van der Waals surface area contributed by atoms with Gasteiger partial charge in [0.1, 0.15) is 0 Å². The normalized spacial score (nSPS) is 13.4. The number of hydrogen-bond acceptors (Lipinski definition) is 1. The first-order valence-electron chi connectivity index (χ1n) is 9.49. The van der Waals surface area contributed by atoms with Crippen LogP contribution in [0.5, 0.6) is 0 Å². The molecule has 25 heavy (non-hydrogen) atoms. The molecule has 0 unspecified atom stereocenters. The van der Waals surface area contributed by atoms with E-state index in [2.05, 4.69) is 69.4 Å². The summed E-state index contributed by atoms with van der Waals surface area (Å²) in [4.78, 5) is 12.7. The number of aryl methyl sites for hydroxylation is 2. The van der Waals surface area contributed by atoms with Crippen molar-refractivity contribution in [3.63, 3.8) is 0 Å². The lowest BCUT2D eigenvalue weighted by molar-refractivity contribution is -0.115. The van der Waals surface area contributed by atoms with Gasteiger partial charge in [0.05, 0.1) is 6.42 Å². The van der Waals surface area contributed by atoms with Gasteiger partial charge >= 0.3 is 0 Å². The number of carbonyl (C=O) groups excluding carboxylic acids is 1. The van der Waals surface area contributed by atoms with Crippen LogP contribution in [-0.2, 0) is 24.1 Å². The second-order valence-electron chi connectivity index (χ2n) is 7.80. The summed E-state index contributed by atoms with van der Waals surface area (Å²) in [6, 6.07) is 12.9. The summed E-state index contributed by atoms with van der Waals surface area (Å²) in [5, 5.41) is 3.22. The molecule has 2 nitrogen and oxygen atoms in total. The first-order chi connectivity index (χ1) is 12.0. The molecule has 1 N–H and O–H groups in total. The van der Waals surface area contributed by atoms with E-state index in [1.807, 2.05) is 0 Å². The molecule has 0 saturated carbocycles. The monoisotopic (exact) mass is 335 g/mol. The van der Waals surface area contributed by atoms with Crippen molar-refractivity contribution in [3.8, 4) is 0 Å². The van der Waals surface area contributed by atoms with Gasteiger partial charge in [0.15, 0.2) is 0 Å². The molecular weight excluding hydrogens is 306 g/mol. The molecule has 0 aliphatic heterocycles. The topological polar surface area (TPSA) is 29.1 Å². The molecule has 1 amide bonds. The Hall–Kier alpha value is -2.09. The smallest absolute Gasteiger partial charge is 0.228 e.